The first-order valence-corrected chi connectivity index (χ1v) is 5.93. The van der Waals surface area contributed by atoms with Crippen molar-refractivity contribution < 1.29 is 24.6 Å². The van der Waals surface area contributed by atoms with Gasteiger partial charge in [-0.3, -0.25) is 9.59 Å². The van der Waals surface area contributed by atoms with Crippen molar-refractivity contribution in [2.75, 3.05) is 18.4 Å². The van der Waals surface area contributed by atoms with Gasteiger partial charge in [-0.2, -0.15) is 0 Å². The minimum Gasteiger partial charge on any atom is -0.480 e. The smallest absolute Gasteiger partial charge is 0.323 e. The van der Waals surface area contributed by atoms with E-state index in [2.05, 4.69) is 5.32 Å². The van der Waals surface area contributed by atoms with Crippen molar-refractivity contribution in [2.24, 2.45) is 0 Å². The lowest BCUT2D eigenvalue weighted by atomic mass is 10.2. The van der Waals surface area contributed by atoms with Crippen molar-refractivity contribution in [3.05, 3.63) is 28.8 Å². The van der Waals surface area contributed by atoms with E-state index in [4.69, 9.17) is 21.8 Å². The number of amides is 2. The number of aliphatic carboxylic acids is 2. The Morgan fingerprint density at radius 1 is 1.20 bits per heavy atom. The summed E-state index contributed by atoms with van der Waals surface area (Å²) >= 11 is 5.92. The number of para-hydroxylation sites is 1. The molecule has 0 bridgehead atoms. The van der Waals surface area contributed by atoms with Crippen LogP contribution in [-0.4, -0.2) is 46.2 Å². The highest BCUT2D eigenvalue weighted by atomic mass is 35.5. The lowest BCUT2D eigenvalue weighted by Crippen LogP contribution is -2.42. The number of aryl methyl sites for hydroxylation is 1. The number of nitrogens with one attached hydrogen (secondary N) is 1. The number of urea groups is 1. The largest absolute Gasteiger partial charge is 0.480 e. The van der Waals surface area contributed by atoms with Gasteiger partial charge in [0.1, 0.15) is 13.1 Å². The first-order valence-electron chi connectivity index (χ1n) is 5.56. The molecule has 0 saturated carbocycles. The molecule has 0 atom stereocenters. The van der Waals surface area contributed by atoms with Crippen LogP contribution < -0.4 is 5.32 Å². The van der Waals surface area contributed by atoms with Crippen molar-refractivity contribution in [3.63, 3.8) is 0 Å². The highest BCUT2D eigenvalue weighted by molar-refractivity contribution is 6.33. The van der Waals surface area contributed by atoms with Crippen LogP contribution in [0.5, 0.6) is 0 Å². The average Bonchev–Trinajstić information content (AvgIpc) is 2.31. The summed E-state index contributed by atoms with van der Waals surface area (Å²) in [4.78, 5) is 33.9. The zero-order valence-corrected chi connectivity index (χ0v) is 11.3. The summed E-state index contributed by atoms with van der Waals surface area (Å²) in [6, 6.07) is 4.12. The van der Waals surface area contributed by atoms with E-state index in [-0.39, 0.29) is 5.02 Å². The molecule has 108 valence electrons. The van der Waals surface area contributed by atoms with E-state index in [1.54, 1.807) is 25.1 Å². The van der Waals surface area contributed by atoms with Crippen LogP contribution in [0.15, 0.2) is 18.2 Å². The van der Waals surface area contributed by atoms with Gasteiger partial charge in [0, 0.05) is 0 Å². The number of carbonyl (C=O) groups is 3. The summed E-state index contributed by atoms with van der Waals surface area (Å²) < 4.78 is 0. The zero-order valence-electron chi connectivity index (χ0n) is 10.6. The summed E-state index contributed by atoms with van der Waals surface area (Å²) in [6.45, 7) is 0.267. The van der Waals surface area contributed by atoms with E-state index in [1.807, 2.05) is 0 Å². The Morgan fingerprint density at radius 3 is 2.20 bits per heavy atom. The highest BCUT2D eigenvalue weighted by Gasteiger charge is 2.20. The predicted octanol–water partition coefficient (Wildman–Crippen LogP) is 1.65. The number of hydrogen-bond donors (Lipinski definition) is 3. The van der Waals surface area contributed by atoms with Crippen LogP contribution in [0.1, 0.15) is 5.56 Å². The second-order valence-corrected chi connectivity index (χ2v) is 4.41. The molecule has 0 fully saturated rings. The molecule has 3 N–H and O–H groups in total. The van der Waals surface area contributed by atoms with Gasteiger partial charge >= 0.3 is 18.0 Å². The number of anilines is 1. The molecule has 0 radical (unpaired) electrons. The molecule has 0 aromatic heterocycles. The normalized spacial score (nSPS) is 9.90. The van der Waals surface area contributed by atoms with E-state index in [0.717, 1.165) is 0 Å². The van der Waals surface area contributed by atoms with Crippen LogP contribution in [0, 0.1) is 6.92 Å². The SMILES string of the molecule is Cc1cccc(Cl)c1NC(=O)N(CC(=O)O)CC(=O)O. The molecular formula is C12H13ClN2O5. The van der Waals surface area contributed by atoms with Gasteiger partial charge in [0.2, 0.25) is 0 Å². The molecule has 1 aromatic rings. The molecule has 1 aromatic carbocycles. The first kappa shape index (κ1) is 15.8. The number of benzene rings is 1. The third-order valence-electron chi connectivity index (χ3n) is 2.39. The molecule has 2 amide bonds. The molecule has 0 unspecified atom stereocenters. The van der Waals surface area contributed by atoms with Crippen LogP contribution in [0.2, 0.25) is 5.02 Å². The zero-order chi connectivity index (χ0) is 15.3. The van der Waals surface area contributed by atoms with Crippen LogP contribution in [0.3, 0.4) is 0 Å². The van der Waals surface area contributed by atoms with Crippen molar-refractivity contribution in [1.82, 2.24) is 4.90 Å². The van der Waals surface area contributed by atoms with Gasteiger partial charge in [0.15, 0.2) is 0 Å². The topological polar surface area (TPSA) is 107 Å². The minimum atomic E-state index is -1.31. The van der Waals surface area contributed by atoms with Gasteiger partial charge in [-0.25, -0.2) is 4.79 Å². The molecule has 0 spiro atoms. The molecule has 0 heterocycles. The standard InChI is InChI=1S/C12H13ClN2O5/c1-7-3-2-4-8(13)11(7)14-12(20)15(5-9(16)17)6-10(18)19/h2-4H,5-6H2,1H3,(H,14,20)(H,16,17)(H,18,19). The van der Waals surface area contributed by atoms with Gasteiger partial charge in [-0.1, -0.05) is 23.7 Å². The van der Waals surface area contributed by atoms with E-state index in [9.17, 15) is 14.4 Å². The number of hydrogen-bond acceptors (Lipinski definition) is 3. The Hall–Kier alpha value is -2.28. The fraction of sp³-hybridized carbons (Fsp3) is 0.250. The second kappa shape index (κ2) is 6.76. The van der Waals surface area contributed by atoms with Gasteiger partial charge < -0.3 is 20.4 Å². The first-order chi connectivity index (χ1) is 9.31. The molecule has 0 aliphatic carbocycles. The molecule has 0 saturated heterocycles. The van der Waals surface area contributed by atoms with Crippen LogP contribution in [-0.2, 0) is 9.59 Å². The van der Waals surface area contributed by atoms with Gasteiger partial charge in [0.25, 0.3) is 0 Å². The van der Waals surface area contributed by atoms with Crippen LogP contribution >= 0.6 is 11.6 Å². The molecular weight excluding hydrogens is 288 g/mol. The Balaban J connectivity index is 2.90. The Bertz CT molecular complexity index is 510. The van der Waals surface area contributed by atoms with E-state index >= 15 is 0 Å². The fourth-order valence-corrected chi connectivity index (χ4v) is 1.77. The quantitative estimate of drug-likeness (QED) is 0.766. The minimum absolute atomic E-state index is 0.281. The number of rotatable bonds is 5. The van der Waals surface area contributed by atoms with Crippen molar-refractivity contribution in [2.45, 2.75) is 6.92 Å². The number of carboxylic acid groups (broad SMARTS) is 2. The highest BCUT2D eigenvalue weighted by Crippen LogP contribution is 2.25. The van der Waals surface area contributed by atoms with Gasteiger partial charge in [0.05, 0.1) is 10.7 Å². The maximum atomic E-state index is 11.9. The lowest BCUT2D eigenvalue weighted by Gasteiger charge is -2.20. The van der Waals surface area contributed by atoms with Gasteiger partial charge in [-0.15, -0.1) is 0 Å². The average molecular weight is 301 g/mol. The fourth-order valence-electron chi connectivity index (χ4n) is 1.50. The third-order valence-corrected chi connectivity index (χ3v) is 2.71. The Labute approximate surface area is 119 Å². The number of nitrogens with zero attached hydrogens (tertiary/aromatic N) is 1. The predicted molar refractivity (Wildman–Crippen MR) is 72.1 cm³/mol. The summed E-state index contributed by atoms with van der Waals surface area (Å²) in [6.07, 6.45) is 0. The Morgan fingerprint density at radius 2 is 1.75 bits per heavy atom. The maximum Gasteiger partial charge on any atom is 0.323 e. The Kier molecular flexibility index (Phi) is 5.33. The summed E-state index contributed by atoms with van der Waals surface area (Å²) in [7, 11) is 0. The monoisotopic (exact) mass is 300 g/mol. The van der Waals surface area contributed by atoms with Crippen molar-refractivity contribution >= 4 is 35.3 Å². The van der Waals surface area contributed by atoms with Gasteiger partial charge in [-0.05, 0) is 18.6 Å². The van der Waals surface area contributed by atoms with Crippen molar-refractivity contribution in [3.8, 4) is 0 Å². The molecule has 0 aliphatic rings. The number of carboxylic acids is 2. The molecule has 1 rings (SSSR count). The van der Waals surface area contributed by atoms with E-state index in [1.165, 1.54) is 0 Å². The molecule has 7 nitrogen and oxygen atoms in total. The van der Waals surface area contributed by atoms with E-state index in [0.29, 0.717) is 16.2 Å². The summed E-state index contributed by atoms with van der Waals surface area (Å²) in [5.41, 5.74) is 0.997. The molecule has 0 aliphatic heterocycles. The van der Waals surface area contributed by atoms with E-state index < -0.39 is 31.1 Å². The summed E-state index contributed by atoms with van der Waals surface area (Å²) in [5, 5.41) is 20.1. The number of halogens is 1. The molecule has 20 heavy (non-hydrogen) atoms. The van der Waals surface area contributed by atoms with Crippen LogP contribution in [0.25, 0.3) is 0 Å². The second-order valence-electron chi connectivity index (χ2n) is 4.01. The lowest BCUT2D eigenvalue weighted by molar-refractivity contribution is -0.140. The van der Waals surface area contributed by atoms with Crippen LogP contribution in [0.4, 0.5) is 10.5 Å². The summed E-state index contributed by atoms with van der Waals surface area (Å²) in [5.74, 6) is -2.62. The van der Waals surface area contributed by atoms with Crippen molar-refractivity contribution in [1.29, 1.82) is 0 Å². The number of carbonyl (C=O) groups excluding carboxylic acids is 1. The third kappa shape index (κ3) is 4.43. The maximum absolute atomic E-state index is 11.9. The molecule has 8 heteroatoms.